The van der Waals surface area contributed by atoms with E-state index >= 15 is 0 Å². The van der Waals surface area contributed by atoms with E-state index in [1.165, 1.54) is 10.8 Å². The van der Waals surface area contributed by atoms with Crippen LogP contribution in [0.3, 0.4) is 0 Å². The summed E-state index contributed by atoms with van der Waals surface area (Å²) in [6, 6.07) is 20.1. The normalized spacial score (nSPS) is 10.5. The Balaban J connectivity index is 1.78. The summed E-state index contributed by atoms with van der Waals surface area (Å²) >= 11 is 0. The topological polar surface area (TPSA) is 26.3 Å². The summed E-state index contributed by atoms with van der Waals surface area (Å²) in [6.07, 6.45) is 0.847. The zero-order valence-electron chi connectivity index (χ0n) is 11.9. The zero-order chi connectivity index (χ0) is 14.7. The Bertz CT molecular complexity index is 790. The van der Waals surface area contributed by atoms with E-state index in [-0.39, 0.29) is 0 Å². The first kappa shape index (κ1) is 13.4. The van der Waals surface area contributed by atoms with Crippen LogP contribution in [0.1, 0.15) is 21.5 Å². The minimum Gasteiger partial charge on any atom is -0.489 e. The number of hydrogen-bond donors (Lipinski definition) is 0. The summed E-state index contributed by atoms with van der Waals surface area (Å²) in [6.45, 7) is 2.47. The van der Waals surface area contributed by atoms with Crippen LogP contribution >= 0.6 is 0 Å². The average Bonchev–Trinajstić information content (AvgIpc) is 2.53. The minimum atomic E-state index is 0.520. The molecule has 0 atom stereocenters. The van der Waals surface area contributed by atoms with Gasteiger partial charge in [0.05, 0.1) is 0 Å². The first-order chi connectivity index (χ1) is 10.3. The summed E-state index contributed by atoms with van der Waals surface area (Å²) in [5, 5.41) is 2.44. The van der Waals surface area contributed by atoms with Crippen molar-refractivity contribution in [1.29, 1.82) is 0 Å². The zero-order valence-corrected chi connectivity index (χ0v) is 11.9. The molecule has 0 amide bonds. The second-order valence-corrected chi connectivity index (χ2v) is 5.11. The molecule has 2 nitrogen and oxygen atoms in total. The van der Waals surface area contributed by atoms with Crippen LogP contribution in [0.2, 0.25) is 0 Å². The lowest BCUT2D eigenvalue weighted by Crippen LogP contribution is -1.97. The number of aldehydes is 1. The van der Waals surface area contributed by atoms with Crippen molar-refractivity contribution in [3.05, 3.63) is 77.4 Å². The number of hydrogen-bond acceptors (Lipinski definition) is 2. The van der Waals surface area contributed by atoms with Gasteiger partial charge in [-0.3, -0.25) is 4.79 Å². The largest absolute Gasteiger partial charge is 0.489 e. The van der Waals surface area contributed by atoms with Gasteiger partial charge in [0, 0.05) is 5.56 Å². The Hall–Kier alpha value is -2.61. The van der Waals surface area contributed by atoms with Gasteiger partial charge in [-0.05, 0) is 53.1 Å². The molecule has 3 aromatic rings. The molecule has 0 N–H and O–H groups in total. The van der Waals surface area contributed by atoms with Gasteiger partial charge in [-0.2, -0.15) is 0 Å². The van der Waals surface area contributed by atoms with Gasteiger partial charge in [0.2, 0.25) is 0 Å². The van der Waals surface area contributed by atoms with E-state index in [1.807, 2.05) is 31.2 Å². The van der Waals surface area contributed by atoms with Crippen LogP contribution < -0.4 is 4.74 Å². The van der Waals surface area contributed by atoms with Crippen LogP contribution in [0.15, 0.2) is 60.7 Å². The third kappa shape index (κ3) is 2.95. The van der Waals surface area contributed by atoms with Crippen molar-refractivity contribution in [2.75, 3.05) is 0 Å². The van der Waals surface area contributed by atoms with Gasteiger partial charge in [-0.1, -0.05) is 36.4 Å². The van der Waals surface area contributed by atoms with Crippen LogP contribution in [0.5, 0.6) is 5.75 Å². The molecule has 3 aromatic carbocycles. The fourth-order valence-electron chi connectivity index (χ4n) is 2.40. The van der Waals surface area contributed by atoms with E-state index < -0.39 is 0 Å². The maximum atomic E-state index is 10.7. The molecule has 0 unspecified atom stereocenters. The number of rotatable bonds is 4. The molecule has 3 rings (SSSR count). The van der Waals surface area contributed by atoms with Crippen LogP contribution in [0.4, 0.5) is 0 Å². The SMILES string of the molecule is Cc1cc(C=O)ccc1OCc1ccc2ccccc2c1. The fourth-order valence-corrected chi connectivity index (χ4v) is 2.40. The molecule has 21 heavy (non-hydrogen) atoms. The first-order valence-electron chi connectivity index (χ1n) is 6.92. The van der Waals surface area contributed by atoms with E-state index in [0.29, 0.717) is 12.2 Å². The predicted molar refractivity (Wildman–Crippen MR) is 84.8 cm³/mol. The van der Waals surface area contributed by atoms with Crippen LogP contribution in [-0.2, 0) is 6.61 Å². The van der Waals surface area contributed by atoms with Gasteiger partial charge in [-0.25, -0.2) is 0 Å². The quantitative estimate of drug-likeness (QED) is 0.654. The average molecular weight is 276 g/mol. The molecule has 2 heteroatoms. The number of aryl methyl sites for hydroxylation is 1. The second kappa shape index (κ2) is 5.80. The summed E-state index contributed by atoms with van der Waals surface area (Å²) in [5.41, 5.74) is 2.78. The molecule has 0 radical (unpaired) electrons. The number of carbonyl (C=O) groups excluding carboxylic acids is 1. The molecule has 0 spiro atoms. The molecule has 0 saturated carbocycles. The Morgan fingerprint density at radius 2 is 1.76 bits per heavy atom. The summed E-state index contributed by atoms with van der Waals surface area (Å²) in [5.74, 6) is 0.814. The highest BCUT2D eigenvalue weighted by Gasteiger charge is 2.02. The van der Waals surface area contributed by atoms with E-state index in [2.05, 4.69) is 30.3 Å². The minimum absolute atomic E-state index is 0.520. The molecular formula is C19H16O2. The Morgan fingerprint density at radius 3 is 2.52 bits per heavy atom. The smallest absolute Gasteiger partial charge is 0.150 e. The number of benzene rings is 3. The molecule has 0 heterocycles. The van der Waals surface area contributed by atoms with Crippen molar-refractivity contribution < 1.29 is 9.53 Å². The lowest BCUT2D eigenvalue weighted by molar-refractivity contribution is 0.112. The number of ether oxygens (including phenoxy) is 1. The Labute approximate surface area is 124 Å². The molecule has 0 saturated heterocycles. The lowest BCUT2D eigenvalue weighted by Gasteiger charge is -2.10. The van der Waals surface area contributed by atoms with Crippen molar-refractivity contribution >= 4 is 17.1 Å². The summed E-state index contributed by atoms with van der Waals surface area (Å²) in [4.78, 5) is 10.7. The molecule has 0 bridgehead atoms. The third-order valence-electron chi connectivity index (χ3n) is 3.54. The van der Waals surface area contributed by atoms with Gasteiger partial charge >= 0.3 is 0 Å². The van der Waals surface area contributed by atoms with Crippen molar-refractivity contribution in [2.24, 2.45) is 0 Å². The second-order valence-electron chi connectivity index (χ2n) is 5.11. The van der Waals surface area contributed by atoms with Crippen LogP contribution in [0.25, 0.3) is 10.8 Å². The molecule has 0 aliphatic carbocycles. The van der Waals surface area contributed by atoms with E-state index in [0.717, 1.165) is 23.2 Å². The fraction of sp³-hybridized carbons (Fsp3) is 0.105. The van der Waals surface area contributed by atoms with Crippen molar-refractivity contribution in [2.45, 2.75) is 13.5 Å². The number of carbonyl (C=O) groups is 1. The van der Waals surface area contributed by atoms with Crippen LogP contribution in [0, 0.1) is 6.92 Å². The summed E-state index contributed by atoms with van der Waals surface area (Å²) < 4.78 is 5.86. The molecule has 0 fully saturated rings. The molecular weight excluding hydrogens is 260 g/mol. The molecule has 104 valence electrons. The highest BCUT2D eigenvalue weighted by atomic mass is 16.5. The lowest BCUT2D eigenvalue weighted by atomic mass is 10.1. The monoisotopic (exact) mass is 276 g/mol. The van der Waals surface area contributed by atoms with Gasteiger partial charge in [-0.15, -0.1) is 0 Å². The molecule has 0 aliphatic heterocycles. The van der Waals surface area contributed by atoms with Gasteiger partial charge in [0.1, 0.15) is 18.6 Å². The maximum absolute atomic E-state index is 10.7. The standard InChI is InChI=1S/C19H16O2/c1-14-10-15(12-20)7-9-19(14)21-13-16-6-8-17-4-2-3-5-18(17)11-16/h2-12H,13H2,1H3. The van der Waals surface area contributed by atoms with Gasteiger partial charge in [0.25, 0.3) is 0 Å². The predicted octanol–water partition coefficient (Wildman–Crippen LogP) is 4.54. The van der Waals surface area contributed by atoms with Gasteiger partial charge < -0.3 is 4.74 Å². The summed E-state index contributed by atoms with van der Waals surface area (Å²) in [7, 11) is 0. The van der Waals surface area contributed by atoms with Crippen molar-refractivity contribution in [1.82, 2.24) is 0 Å². The Morgan fingerprint density at radius 1 is 0.952 bits per heavy atom. The number of fused-ring (bicyclic) bond motifs is 1. The van der Waals surface area contributed by atoms with E-state index in [9.17, 15) is 4.79 Å². The van der Waals surface area contributed by atoms with Crippen molar-refractivity contribution in [3.63, 3.8) is 0 Å². The highest BCUT2D eigenvalue weighted by molar-refractivity contribution is 5.83. The molecule has 0 aromatic heterocycles. The van der Waals surface area contributed by atoms with Gasteiger partial charge in [0.15, 0.2) is 0 Å². The van der Waals surface area contributed by atoms with Crippen molar-refractivity contribution in [3.8, 4) is 5.75 Å². The third-order valence-corrected chi connectivity index (χ3v) is 3.54. The van der Waals surface area contributed by atoms with Crippen LogP contribution in [-0.4, -0.2) is 6.29 Å². The van der Waals surface area contributed by atoms with E-state index in [1.54, 1.807) is 6.07 Å². The first-order valence-corrected chi connectivity index (χ1v) is 6.92. The maximum Gasteiger partial charge on any atom is 0.150 e. The Kier molecular flexibility index (Phi) is 3.69. The highest BCUT2D eigenvalue weighted by Crippen LogP contribution is 2.21. The van der Waals surface area contributed by atoms with E-state index in [4.69, 9.17) is 4.74 Å². The molecule has 0 aliphatic rings.